The smallest absolute Gasteiger partial charge is 0.0543 e. The zero-order valence-electron chi connectivity index (χ0n) is 8.18. The number of hydrogen-bond acceptors (Lipinski definition) is 1. The Bertz CT molecular complexity index is 118. The molecule has 0 amide bonds. The van der Waals surface area contributed by atoms with Gasteiger partial charge < -0.3 is 4.74 Å². The van der Waals surface area contributed by atoms with Crippen LogP contribution < -0.4 is 0 Å². The summed E-state index contributed by atoms with van der Waals surface area (Å²) in [4.78, 5) is 0. The lowest BCUT2D eigenvalue weighted by Gasteiger charge is -2.13. The Morgan fingerprint density at radius 2 is 1.91 bits per heavy atom. The maximum Gasteiger partial charge on any atom is 0.0543 e. The van der Waals surface area contributed by atoms with Crippen molar-refractivity contribution in [1.29, 1.82) is 0 Å². The van der Waals surface area contributed by atoms with Crippen LogP contribution in [0.3, 0.4) is 0 Å². The van der Waals surface area contributed by atoms with Gasteiger partial charge in [0, 0.05) is 7.11 Å². The Morgan fingerprint density at radius 1 is 1.36 bits per heavy atom. The van der Waals surface area contributed by atoms with Crippen LogP contribution in [0.15, 0.2) is 12.2 Å². The van der Waals surface area contributed by atoms with E-state index in [1.165, 1.54) is 12.0 Å². The monoisotopic (exact) mass is 156 g/mol. The highest BCUT2D eigenvalue weighted by atomic mass is 16.5. The maximum absolute atomic E-state index is 5.15. The van der Waals surface area contributed by atoms with Crippen molar-refractivity contribution in [3.05, 3.63) is 12.2 Å². The molecule has 0 aromatic heterocycles. The molecule has 0 saturated heterocycles. The molecule has 0 aromatic carbocycles. The minimum Gasteiger partial charge on any atom is -0.382 e. The SMILES string of the molecule is C=C(C)C(C)CCC(C)OC. The summed E-state index contributed by atoms with van der Waals surface area (Å²) in [5.74, 6) is 0.632. The van der Waals surface area contributed by atoms with Crippen molar-refractivity contribution >= 4 is 0 Å². The second kappa shape index (κ2) is 5.36. The molecule has 1 nitrogen and oxygen atoms in total. The lowest BCUT2D eigenvalue weighted by molar-refractivity contribution is 0.106. The van der Waals surface area contributed by atoms with Crippen LogP contribution in [0.4, 0.5) is 0 Å². The topological polar surface area (TPSA) is 9.23 Å². The van der Waals surface area contributed by atoms with E-state index in [0.717, 1.165) is 6.42 Å². The molecule has 0 fully saturated rings. The van der Waals surface area contributed by atoms with Gasteiger partial charge in [-0.25, -0.2) is 0 Å². The molecule has 0 N–H and O–H groups in total. The highest BCUT2D eigenvalue weighted by Crippen LogP contribution is 2.15. The third-order valence-electron chi connectivity index (χ3n) is 2.25. The molecule has 0 heterocycles. The van der Waals surface area contributed by atoms with Crippen LogP contribution in [0.25, 0.3) is 0 Å². The molecule has 66 valence electrons. The fourth-order valence-electron chi connectivity index (χ4n) is 0.849. The predicted octanol–water partition coefficient (Wildman–Crippen LogP) is 3.01. The minimum atomic E-state index is 0.386. The second-order valence-electron chi connectivity index (χ2n) is 3.37. The zero-order valence-corrected chi connectivity index (χ0v) is 8.18. The number of hydrogen-bond donors (Lipinski definition) is 0. The molecule has 2 unspecified atom stereocenters. The molecule has 0 aromatic rings. The van der Waals surface area contributed by atoms with Crippen LogP contribution in [0, 0.1) is 5.92 Å². The Balaban J connectivity index is 3.45. The van der Waals surface area contributed by atoms with Crippen molar-refractivity contribution in [2.75, 3.05) is 7.11 Å². The Kier molecular flexibility index (Phi) is 5.22. The fourth-order valence-corrected chi connectivity index (χ4v) is 0.849. The number of allylic oxidation sites excluding steroid dienone is 1. The lowest BCUT2D eigenvalue weighted by atomic mass is 9.97. The third-order valence-corrected chi connectivity index (χ3v) is 2.25. The van der Waals surface area contributed by atoms with E-state index in [1.54, 1.807) is 7.11 Å². The Morgan fingerprint density at radius 3 is 2.27 bits per heavy atom. The van der Waals surface area contributed by atoms with Gasteiger partial charge in [0.15, 0.2) is 0 Å². The van der Waals surface area contributed by atoms with Gasteiger partial charge in [-0.2, -0.15) is 0 Å². The van der Waals surface area contributed by atoms with Crippen molar-refractivity contribution in [2.24, 2.45) is 5.92 Å². The molecule has 2 atom stereocenters. The summed E-state index contributed by atoms with van der Waals surface area (Å²) in [7, 11) is 1.76. The summed E-state index contributed by atoms with van der Waals surface area (Å²) in [5.41, 5.74) is 1.27. The standard InChI is InChI=1S/C10H20O/c1-8(2)9(3)6-7-10(4)11-5/h9-10H,1,6-7H2,2-5H3. The zero-order chi connectivity index (χ0) is 8.85. The van der Waals surface area contributed by atoms with E-state index in [1.807, 2.05) is 0 Å². The van der Waals surface area contributed by atoms with Crippen LogP contribution >= 0.6 is 0 Å². The van der Waals surface area contributed by atoms with Crippen LogP contribution in [-0.2, 0) is 4.74 Å². The third kappa shape index (κ3) is 5.02. The fraction of sp³-hybridized carbons (Fsp3) is 0.800. The largest absolute Gasteiger partial charge is 0.382 e. The first-order chi connectivity index (χ1) is 5.07. The van der Waals surface area contributed by atoms with Gasteiger partial charge in [0.1, 0.15) is 0 Å². The van der Waals surface area contributed by atoms with Crippen molar-refractivity contribution in [1.82, 2.24) is 0 Å². The van der Waals surface area contributed by atoms with Gasteiger partial charge in [-0.15, -0.1) is 0 Å². The summed E-state index contributed by atoms with van der Waals surface area (Å²) in [6.45, 7) is 10.3. The van der Waals surface area contributed by atoms with Gasteiger partial charge in [-0.05, 0) is 32.6 Å². The molecule has 0 radical (unpaired) electrons. The molecule has 0 saturated carbocycles. The van der Waals surface area contributed by atoms with Gasteiger partial charge in [0.2, 0.25) is 0 Å². The average Bonchev–Trinajstić information content (AvgIpc) is 1.99. The summed E-state index contributed by atoms with van der Waals surface area (Å²) in [6, 6.07) is 0. The van der Waals surface area contributed by atoms with E-state index < -0.39 is 0 Å². The Labute approximate surface area is 70.4 Å². The predicted molar refractivity (Wildman–Crippen MR) is 49.7 cm³/mol. The van der Waals surface area contributed by atoms with E-state index >= 15 is 0 Å². The maximum atomic E-state index is 5.15. The molecule has 0 aliphatic rings. The first-order valence-corrected chi connectivity index (χ1v) is 4.26. The van der Waals surface area contributed by atoms with E-state index in [2.05, 4.69) is 27.4 Å². The van der Waals surface area contributed by atoms with Crippen LogP contribution in [0.5, 0.6) is 0 Å². The van der Waals surface area contributed by atoms with Crippen molar-refractivity contribution in [3.8, 4) is 0 Å². The van der Waals surface area contributed by atoms with Crippen LogP contribution in [0.1, 0.15) is 33.6 Å². The normalized spacial score (nSPS) is 16.0. The first-order valence-electron chi connectivity index (χ1n) is 4.26. The molecule has 0 bridgehead atoms. The quantitative estimate of drug-likeness (QED) is 0.556. The second-order valence-corrected chi connectivity index (χ2v) is 3.37. The molecular weight excluding hydrogens is 136 g/mol. The van der Waals surface area contributed by atoms with Gasteiger partial charge >= 0.3 is 0 Å². The highest BCUT2D eigenvalue weighted by molar-refractivity contribution is 4.93. The van der Waals surface area contributed by atoms with Crippen molar-refractivity contribution in [2.45, 2.75) is 39.7 Å². The van der Waals surface area contributed by atoms with Gasteiger partial charge in [-0.3, -0.25) is 0 Å². The van der Waals surface area contributed by atoms with Crippen LogP contribution in [0.2, 0.25) is 0 Å². The van der Waals surface area contributed by atoms with Gasteiger partial charge in [0.05, 0.1) is 6.10 Å². The number of rotatable bonds is 5. The van der Waals surface area contributed by atoms with Crippen molar-refractivity contribution in [3.63, 3.8) is 0 Å². The molecule has 11 heavy (non-hydrogen) atoms. The average molecular weight is 156 g/mol. The minimum absolute atomic E-state index is 0.386. The molecule has 0 aliphatic carbocycles. The van der Waals surface area contributed by atoms with E-state index in [0.29, 0.717) is 12.0 Å². The summed E-state index contributed by atoms with van der Waals surface area (Å²) < 4.78 is 5.15. The summed E-state index contributed by atoms with van der Waals surface area (Å²) in [6.07, 6.45) is 2.70. The molecule has 0 aliphatic heterocycles. The van der Waals surface area contributed by atoms with Gasteiger partial charge in [-0.1, -0.05) is 19.1 Å². The van der Waals surface area contributed by atoms with Crippen LogP contribution in [-0.4, -0.2) is 13.2 Å². The summed E-state index contributed by atoms with van der Waals surface area (Å²) >= 11 is 0. The molecule has 0 rings (SSSR count). The van der Waals surface area contributed by atoms with E-state index in [4.69, 9.17) is 4.74 Å². The molecule has 0 spiro atoms. The van der Waals surface area contributed by atoms with E-state index in [9.17, 15) is 0 Å². The Hall–Kier alpha value is -0.300. The number of methoxy groups -OCH3 is 1. The highest BCUT2D eigenvalue weighted by Gasteiger charge is 2.05. The first kappa shape index (κ1) is 10.7. The van der Waals surface area contributed by atoms with Crippen molar-refractivity contribution < 1.29 is 4.74 Å². The number of ether oxygens (including phenoxy) is 1. The van der Waals surface area contributed by atoms with E-state index in [-0.39, 0.29) is 0 Å². The lowest BCUT2D eigenvalue weighted by Crippen LogP contribution is -2.07. The summed E-state index contributed by atoms with van der Waals surface area (Å²) in [5, 5.41) is 0. The molecular formula is C10H20O. The molecule has 1 heteroatoms. The van der Waals surface area contributed by atoms with Gasteiger partial charge in [0.25, 0.3) is 0 Å².